The van der Waals surface area contributed by atoms with Gasteiger partial charge in [-0.15, -0.1) is 0 Å². The summed E-state index contributed by atoms with van der Waals surface area (Å²) in [6, 6.07) is 15.6. The number of benzene rings is 2. The van der Waals surface area contributed by atoms with Crippen molar-refractivity contribution in [3.05, 3.63) is 71.0 Å². The maximum atomic E-state index is 13.3. The maximum Gasteiger partial charge on any atom is 0.123 e. The van der Waals surface area contributed by atoms with Gasteiger partial charge in [-0.1, -0.05) is 68.3 Å². The van der Waals surface area contributed by atoms with Crippen LogP contribution >= 0.6 is 31.9 Å². The van der Waals surface area contributed by atoms with Crippen molar-refractivity contribution < 1.29 is 4.39 Å². The van der Waals surface area contributed by atoms with Gasteiger partial charge in [-0.25, -0.2) is 4.39 Å². The second-order valence-corrected chi connectivity index (χ2v) is 6.80. The third-order valence-corrected chi connectivity index (χ3v) is 6.24. The third-order valence-electron chi connectivity index (χ3n) is 3.86. The van der Waals surface area contributed by atoms with E-state index in [1.165, 1.54) is 11.1 Å². The number of hydrogen-bond acceptors (Lipinski definition) is 0. The normalized spacial score (nSPS) is 11.6. The fourth-order valence-corrected chi connectivity index (χ4v) is 4.30. The standard InChI is InChI=1S/C18H19Br2F/c1-14-9-17(21)8-7-16(14)11-18(12-19,13-20)10-15-5-3-2-4-6-15/h2-9H,10-13H2,1H3. The van der Waals surface area contributed by atoms with Gasteiger partial charge in [-0.05, 0) is 54.0 Å². The maximum absolute atomic E-state index is 13.3. The molecule has 0 N–H and O–H groups in total. The largest absolute Gasteiger partial charge is 0.207 e. The van der Waals surface area contributed by atoms with E-state index in [9.17, 15) is 4.39 Å². The van der Waals surface area contributed by atoms with E-state index in [1.807, 2.05) is 19.1 Å². The molecule has 112 valence electrons. The summed E-state index contributed by atoms with van der Waals surface area (Å²) in [6.07, 6.45) is 1.91. The minimum Gasteiger partial charge on any atom is -0.207 e. The summed E-state index contributed by atoms with van der Waals surface area (Å²) in [6.45, 7) is 1.98. The Hall–Kier alpha value is -0.670. The summed E-state index contributed by atoms with van der Waals surface area (Å²) in [5.41, 5.74) is 3.65. The first-order chi connectivity index (χ1) is 10.1. The highest BCUT2D eigenvalue weighted by Crippen LogP contribution is 2.33. The summed E-state index contributed by atoms with van der Waals surface area (Å²) < 4.78 is 13.3. The summed E-state index contributed by atoms with van der Waals surface area (Å²) in [5.74, 6) is -0.164. The van der Waals surface area contributed by atoms with Crippen molar-refractivity contribution in [2.75, 3.05) is 10.7 Å². The molecule has 21 heavy (non-hydrogen) atoms. The predicted octanol–water partition coefficient (Wildman–Crippen LogP) is 5.70. The monoisotopic (exact) mass is 412 g/mol. The Labute approximate surface area is 143 Å². The van der Waals surface area contributed by atoms with Crippen LogP contribution in [0.25, 0.3) is 0 Å². The Bertz CT molecular complexity index is 577. The molecule has 0 fully saturated rings. The van der Waals surface area contributed by atoms with E-state index < -0.39 is 0 Å². The molecular formula is C18H19Br2F. The molecule has 0 aromatic heterocycles. The summed E-state index contributed by atoms with van der Waals surface area (Å²) in [4.78, 5) is 0. The molecule has 0 spiro atoms. The van der Waals surface area contributed by atoms with Crippen LogP contribution in [0, 0.1) is 18.2 Å². The molecule has 0 radical (unpaired) electrons. The highest BCUT2D eigenvalue weighted by molar-refractivity contribution is 9.09. The van der Waals surface area contributed by atoms with E-state index in [0.717, 1.165) is 29.1 Å². The van der Waals surface area contributed by atoms with Crippen molar-refractivity contribution in [1.29, 1.82) is 0 Å². The van der Waals surface area contributed by atoms with Crippen LogP contribution in [0.5, 0.6) is 0 Å². The van der Waals surface area contributed by atoms with E-state index in [0.29, 0.717) is 0 Å². The van der Waals surface area contributed by atoms with Gasteiger partial charge >= 0.3 is 0 Å². The van der Waals surface area contributed by atoms with Gasteiger partial charge < -0.3 is 0 Å². The zero-order valence-electron chi connectivity index (χ0n) is 12.1. The Morgan fingerprint density at radius 2 is 1.62 bits per heavy atom. The minimum absolute atomic E-state index is 0.0872. The first kappa shape index (κ1) is 16.7. The van der Waals surface area contributed by atoms with Crippen LogP contribution in [0.4, 0.5) is 4.39 Å². The van der Waals surface area contributed by atoms with Crippen molar-refractivity contribution >= 4 is 31.9 Å². The van der Waals surface area contributed by atoms with Crippen LogP contribution in [-0.4, -0.2) is 10.7 Å². The Balaban J connectivity index is 2.25. The van der Waals surface area contributed by atoms with E-state index >= 15 is 0 Å². The summed E-state index contributed by atoms with van der Waals surface area (Å²) >= 11 is 7.37. The molecule has 3 heteroatoms. The number of rotatable bonds is 6. The first-order valence-electron chi connectivity index (χ1n) is 6.99. The lowest BCUT2D eigenvalue weighted by atomic mass is 9.79. The minimum atomic E-state index is -0.164. The molecule has 0 bridgehead atoms. The van der Waals surface area contributed by atoms with E-state index in [1.54, 1.807) is 12.1 Å². The van der Waals surface area contributed by atoms with Crippen LogP contribution in [-0.2, 0) is 12.8 Å². The first-order valence-corrected chi connectivity index (χ1v) is 9.24. The average molecular weight is 414 g/mol. The van der Waals surface area contributed by atoms with Crippen LogP contribution in [0.1, 0.15) is 16.7 Å². The van der Waals surface area contributed by atoms with E-state index in [2.05, 4.69) is 56.1 Å². The molecule has 0 aliphatic heterocycles. The molecule has 0 saturated heterocycles. The SMILES string of the molecule is Cc1cc(F)ccc1CC(CBr)(CBr)Cc1ccccc1. The number of halogens is 3. The lowest BCUT2D eigenvalue weighted by Crippen LogP contribution is -2.30. The second kappa shape index (κ2) is 7.55. The Morgan fingerprint density at radius 1 is 0.952 bits per heavy atom. The smallest absolute Gasteiger partial charge is 0.123 e. The molecule has 0 saturated carbocycles. The van der Waals surface area contributed by atoms with Gasteiger partial charge in [0, 0.05) is 10.7 Å². The Morgan fingerprint density at radius 3 is 2.19 bits per heavy atom. The molecule has 0 aliphatic rings. The number of alkyl halides is 2. The highest BCUT2D eigenvalue weighted by Gasteiger charge is 2.29. The lowest BCUT2D eigenvalue weighted by molar-refractivity contribution is 0.385. The number of aryl methyl sites for hydroxylation is 1. The highest BCUT2D eigenvalue weighted by atomic mass is 79.9. The van der Waals surface area contributed by atoms with Gasteiger partial charge in [0.15, 0.2) is 0 Å². The fraction of sp³-hybridized carbons (Fsp3) is 0.333. The van der Waals surface area contributed by atoms with Gasteiger partial charge in [0.1, 0.15) is 5.82 Å². The van der Waals surface area contributed by atoms with E-state index in [-0.39, 0.29) is 11.2 Å². The van der Waals surface area contributed by atoms with Crippen molar-refractivity contribution in [3.63, 3.8) is 0 Å². The van der Waals surface area contributed by atoms with Crippen LogP contribution in [0.3, 0.4) is 0 Å². The molecule has 2 aromatic rings. The molecule has 2 aromatic carbocycles. The van der Waals surface area contributed by atoms with Gasteiger partial charge in [0.05, 0.1) is 0 Å². The topological polar surface area (TPSA) is 0 Å². The zero-order chi connectivity index (χ0) is 15.3. The summed E-state index contributed by atoms with van der Waals surface area (Å²) in [5, 5.41) is 1.80. The van der Waals surface area contributed by atoms with Gasteiger partial charge in [0.25, 0.3) is 0 Å². The number of hydrogen-bond donors (Lipinski definition) is 0. The van der Waals surface area contributed by atoms with E-state index in [4.69, 9.17) is 0 Å². The van der Waals surface area contributed by atoms with Crippen molar-refractivity contribution in [2.24, 2.45) is 5.41 Å². The predicted molar refractivity (Wildman–Crippen MR) is 95.0 cm³/mol. The van der Waals surface area contributed by atoms with Crippen LogP contribution < -0.4 is 0 Å². The molecule has 0 aliphatic carbocycles. The van der Waals surface area contributed by atoms with Crippen molar-refractivity contribution in [2.45, 2.75) is 19.8 Å². The van der Waals surface area contributed by atoms with Crippen molar-refractivity contribution in [3.8, 4) is 0 Å². The molecule has 0 unspecified atom stereocenters. The Kier molecular flexibility index (Phi) is 6.00. The van der Waals surface area contributed by atoms with Crippen LogP contribution in [0.15, 0.2) is 48.5 Å². The fourth-order valence-electron chi connectivity index (χ4n) is 2.58. The molecule has 0 nitrogen and oxygen atoms in total. The molecule has 0 atom stereocenters. The van der Waals surface area contributed by atoms with Gasteiger partial charge in [0.2, 0.25) is 0 Å². The zero-order valence-corrected chi connectivity index (χ0v) is 15.3. The molecule has 0 amide bonds. The average Bonchev–Trinajstić information content (AvgIpc) is 2.50. The summed E-state index contributed by atoms with van der Waals surface area (Å²) in [7, 11) is 0. The molecular weight excluding hydrogens is 395 g/mol. The van der Waals surface area contributed by atoms with Crippen LogP contribution in [0.2, 0.25) is 0 Å². The lowest BCUT2D eigenvalue weighted by Gasteiger charge is -2.31. The van der Waals surface area contributed by atoms with Crippen molar-refractivity contribution in [1.82, 2.24) is 0 Å². The second-order valence-electron chi connectivity index (χ2n) is 5.68. The molecule has 0 heterocycles. The third kappa shape index (κ3) is 4.40. The molecule has 2 rings (SSSR count). The van der Waals surface area contributed by atoms with Gasteiger partial charge in [-0.3, -0.25) is 0 Å². The quantitative estimate of drug-likeness (QED) is 0.533. The van der Waals surface area contributed by atoms with Gasteiger partial charge in [-0.2, -0.15) is 0 Å².